The number of benzene rings is 1. The number of thiazole rings is 1. The first-order valence-corrected chi connectivity index (χ1v) is 10.9. The van der Waals surface area contributed by atoms with Crippen molar-refractivity contribution in [3.05, 3.63) is 57.6 Å². The molecule has 0 unspecified atom stereocenters. The van der Waals surface area contributed by atoms with Crippen LogP contribution in [0.4, 0.5) is 10.3 Å². The fraction of sp³-hybridized carbons (Fsp3) is 0.250. The number of ketones is 1. The number of carbonyl (C=O) groups is 2. The molecule has 1 aliphatic rings. The number of nitrogens with one attached hydrogen (secondary N) is 2. The molecule has 29 heavy (non-hydrogen) atoms. The fourth-order valence-electron chi connectivity index (χ4n) is 3.22. The third kappa shape index (κ3) is 4.57. The topological polar surface area (TPSA) is 96.9 Å². The summed E-state index contributed by atoms with van der Waals surface area (Å²) in [5.41, 5.74) is 3.42. The van der Waals surface area contributed by atoms with Gasteiger partial charge in [-0.3, -0.25) is 9.59 Å². The first-order chi connectivity index (χ1) is 14.1. The minimum Gasteiger partial charge on any atom is -0.363 e. The second kappa shape index (κ2) is 8.62. The van der Waals surface area contributed by atoms with Gasteiger partial charge in [0.15, 0.2) is 10.9 Å². The zero-order chi connectivity index (χ0) is 20.2. The zero-order valence-electron chi connectivity index (χ0n) is 15.8. The molecule has 2 aromatic heterocycles. The van der Waals surface area contributed by atoms with Crippen LogP contribution in [-0.4, -0.2) is 33.9 Å². The number of nitrogens with zero attached hydrogens (tertiary/aromatic N) is 3. The van der Waals surface area contributed by atoms with E-state index in [2.05, 4.69) is 25.8 Å². The summed E-state index contributed by atoms with van der Waals surface area (Å²) in [6, 6.07) is 9.78. The van der Waals surface area contributed by atoms with Gasteiger partial charge in [-0.05, 0) is 17.6 Å². The Morgan fingerprint density at radius 1 is 1.14 bits per heavy atom. The highest BCUT2D eigenvalue weighted by molar-refractivity contribution is 7.15. The second-order valence-electron chi connectivity index (χ2n) is 6.54. The summed E-state index contributed by atoms with van der Waals surface area (Å²) >= 11 is 2.83. The molecule has 0 spiro atoms. The van der Waals surface area contributed by atoms with Crippen molar-refractivity contribution < 1.29 is 9.59 Å². The highest BCUT2D eigenvalue weighted by Gasteiger charge is 2.26. The van der Waals surface area contributed by atoms with Gasteiger partial charge in [0.2, 0.25) is 11.0 Å². The second-order valence-corrected chi connectivity index (χ2v) is 8.46. The van der Waals surface area contributed by atoms with Gasteiger partial charge in [-0.1, -0.05) is 41.7 Å². The van der Waals surface area contributed by atoms with Crippen LogP contribution in [0.25, 0.3) is 5.57 Å². The summed E-state index contributed by atoms with van der Waals surface area (Å²) in [7, 11) is 1.80. The number of Topliss-reactive ketones (excluding diaryl/α,β-unsaturated/α-hetero) is 1. The Kier molecular flexibility index (Phi) is 5.77. The normalized spacial score (nSPS) is 13.8. The SMILES string of the molecule is CNc1nnc(Cc2csc(NC(=O)CC3=C(c4ccccc4)CCC3=O)n2)s1. The van der Waals surface area contributed by atoms with E-state index >= 15 is 0 Å². The van der Waals surface area contributed by atoms with E-state index in [1.807, 2.05) is 35.7 Å². The number of allylic oxidation sites excluding steroid dienone is 1. The van der Waals surface area contributed by atoms with Gasteiger partial charge in [-0.15, -0.1) is 21.5 Å². The summed E-state index contributed by atoms with van der Waals surface area (Å²) in [4.78, 5) is 29.3. The van der Waals surface area contributed by atoms with Crippen molar-refractivity contribution in [2.45, 2.75) is 25.7 Å². The van der Waals surface area contributed by atoms with E-state index in [9.17, 15) is 9.59 Å². The molecule has 0 bridgehead atoms. The number of hydrogen-bond donors (Lipinski definition) is 2. The molecule has 9 heteroatoms. The molecule has 0 atom stereocenters. The van der Waals surface area contributed by atoms with Gasteiger partial charge in [0.05, 0.1) is 12.1 Å². The van der Waals surface area contributed by atoms with Crippen LogP contribution >= 0.6 is 22.7 Å². The van der Waals surface area contributed by atoms with Gasteiger partial charge in [-0.2, -0.15) is 0 Å². The van der Waals surface area contributed by atoms with Crippen molar-refractivity contribution in [1.82, 2.24) is 15.2 Å². The quantitative estimate of drug-likeness (QED) is 0.598. The molecule has 4 rings (SSSR count). The van der Waals surface area contributed by atoms with Gasteiger partial charge in [0.1, 0.15) is 5.01 Å². The van der Waals surface area contributed by atoms with Crippen molar-refractivity contribution in [3.63, 3.8) is 0 Å². The maximum absolute atomic E-state index is 12.5. The summed E-state index contributed by atoms with van der Waals surface area (Å²) in [6.07, 6.45) is 1.78. The molecule has 2 N–H and O–H groups in total. The van der Waals surface area contributed by atoms with Gasteiger partial charge >= 0.3 is 0 Å². The minimum absolute atomic E-state index is 0.0513. The van der Waals surface area contributed by atoms with E-state index in [1.165, 1.54) is 22.7 Å². The van der Waals surface area contributed by atoms with Crippen molar-refractivity contribution >= 4 is 50.2 Å². The molecule has 0 saturated carbocycles. The Morgan fingerprint density at radius 2 is 1.97 bits per heavy atom. The van der Waals surface area contributed by atoms with Crippen molar-refractivity contribution in [2.24, 2.45) is 0 Å². The molecule has 0 aliphatic heterocycles. The van der Waals surface area contributed by atoms with E-state index in [-0.39, 0.29) is 18.1 Å². The molecular formula is C20H19N5O2S2. The lowest BCUT2D eigenvalue weighted by Gasteiger charge is -2.07. The molecule has 0 fully saturated rings. The molecule has 7 nitrogen and oxygen atoms in total. The summed E-state index contributed by atoms with van der Waals surface area (Å²) in [6.45, 7) is 0. The molecule has 148 valence electrons. The van der Waals surface area contributed by atoms with Gasteiger partial charge in [0.25, 0.3) is 0 Å². The minimum atomic E-state index is -0.224. The largest absolute Gasteiger partial charge is 0.363 e. The molecule has 3 aromatic rings. The summed E-state index contributed by atoms with van der Waals surface area (Å²) < 4.78 is 0. The highest BCUT2D eigenvalue weighted by Crippen LogP contribution is 2.33. The average molecular weight is 426 g/mol. The first-order valence-electron chi connectivity index (χ1n) is 9.17. The predicted molar refractivity (Wildman–Crippen MR) is 115 cm³/mol. The third-order valence-corrected chi connectivity index (χ3v) is 6.32. The van der Waals surface area contributed by atoms with Crippen LogP contribution in [0.5, 0.6) is 0 Å². The van der Waals surface area contributed by atoms with Crippen molar-refractivity contribution in [3.8, 4) is 0 Å². The first kappa shape index (κ1) is 19.4. The third-order valence-electron chi connectivity index (χ3n) is 4.57. The maximum atomic E-state index is 12.5. The Hall–Kier alpha value is -2.91. The van der Waals surface area contributed by atoms with E-state index in [0.29, 0.717) is 30.0 Å². The average Bonchev–Trinajstić information content (AvgIpc) is 3.45. The maximum Gasteiger partial charge on any atom is 0.230 e. The Labute approximate surface area is 175 Å². The van der Waals surface area contributed by atoms with Crippen LogP contribution in [0.2, 0.25) is 0 Å². The number of anilines is 2. The van der Waals surface area contributed by atoms with Crippen LogP contribution in [0.15, 0.2) is 41.3 Å². The van der Waals surface area contributed by atoms with Crippen LogP contribution in [0.1, 0.15) is 35.5 Å². The lowest BCUT2D eigenvalue weighted by atomic mass is 10.00. The van der Waals surface area contributed by atoms with E-state index in [1.54, 1.807) is 7.05 Å². The smallest absolute Gasteiger partial charge is 0.230 e. The Balaban J connectivity index is 1.42. The highest BCUT2D eigenvalue weighted by atomic mass is 32.1. The summed E-state index contributed by atoms with van der Waals surface area (Å²) in [5.74, 6) is -0.173. The van der Waals surface area contributed by atoms with Crippen LogP contribution in [0.3, 0.4) is 0 Å². The number of carbonyl (C=O) groups excluding carboxylic acids is 2. The number of amides is 1. The fourth-order valence-corrected chi connectivity index (χ4v) is 4.66. The molecule has 0 saturated heterocycles. The number of aromatic nitrogens is 3. The predicted octanol–water partition coefficient (Wildman–Crippen LogP) is 3.77. The van der Waals surface area contributed by atoms with Crippen LogP contribution in [-0.2, 0) is 16.0 Å². The monoisotopic (exact) mass is 425 g/mol. The van der Waals surface area contributed by atoms with Gasteiger partial charge in [0, 0.05) is 30.8 Å². The summed E-state index contributed by atoms with van der Waals surface area (Å²) in [5, 5.41) is 17.9. The van der Waals surface area contributed by atoms with Gasteiger partial charge in [-0.25, -0.2) is 4.98 Å². The van der Waals surface area contributed by atoms with Crippen LogP contribution < -0.4 is 10.6 Å². The lowest BCUT2D eigenvalue weighted by Crippen LogP contribution is -2.14. The van der Waals surface area contributed by atoms with Crippen LogP contribution in [0, 0.1) is 0 Å². The molecule has 2 heterocycles. The number of hydrogen-bond acceptors (Lipinski definition) is 8. The number of rotatable bonds is 7. The molecular weight excluding hydrogens is 406 g/mol. The van der Waals surface area contributed by atoms with E-state index in [4.69, 9.17) is 0 Å². The van der Waals surface area contributed by atoms with E-state index in [0.717, 1.165) is 27.0 Å². The molecule has 1 aromatic carbocycles. The standard InChI is InChI=1S/C20H19N5O2S2/c1-21-19-25-24-18(29-19)9-13-11-28-20(22-13)23-17(27)10-15-14(7-8-16(15)26)12-5-3-2-4-6-12/h2-6,11H,7-10H2,1H3,(H,21,25)(H,22,23,27). The zero-order valence-corrected chi connectivity index (χ0v) is 17.4. The van der Waals surface area contributed by atoms with Crippen molar-refractivity contribution in [2.75, 3.05) is 17.7 Å². The Morgan fingerprint density at radius 3 is 2.72 bits per heavy atom. The van der Waals surface area contributed by atoms with Gasteiger partial charge < -0.3 is 10.6 Å². The molecule has 1 aliphatic carbocycles. The molecule has 0 radical (unpaired) electrons. The Bertz CT molecular complexity index is 1070. The van der Waals surface area contributed by atoms with E-state index < -0.39 is 0 Å². The lowest BCUT2D eigenvalue weighted by molar-refractivity contribution is -0.119. The van der Waals surface area contributed by atoms with Crippen molar-refractivity contribution in [1.29, 1.82) is 0 Å². The molecule has 1 amide bonds.